The molecule has 3 aromatic heterocycles. The number of hydrogen-bond donors (Lipinski definition) is 0. The molecule has 0 saturated carbocycles. The predicted molar refractivity (Wildman–Crippen MR) is 105 cm³/mol. The maximum Gasteiger partial charge on any atom is 0.254 e. The summed E-state index contributed by atoms with van der Waals surface area (Å²) >= 11 is 1.41. The van der Waals surface area contributed by atoms with Gasteiger partial charge in [-0.1, -0.05) is 11.3 Å². The number of nitrogens with zero attached hydrogens (tertiary/aromatic N) is 7. The van der Waals surface area contributed by atoms with E-state index in [4.69, 9.17) is 0 Å². The Kier molecular flexibility index (Phi) is 3.91. The molecule has 4 heterocycles. The van der Waals surface area contributed by atoms with Crippen LogP contribution in [0.5, 0.6) is 0 Å². The third-order valence-corrected chi connectivity index (χ3v) is 6.04. The van der Waals surface area contributed by atoms with Crippen LogP contribution in [0.4, 0.5) is 4.39 Å². The lowest BCUT2D eigenvalue weighted by Gasteiger charge is -2.41. The molecule has 0 saturated heterocycles. The molecule has 1 amide bonds. The number of benzene rings is 1. The summed E-state index contributed by atoms with van der Waals surface area (Å²) in [6, 6.07) is 5.58. The van der Waals surface area contributed by atoms with Gasteiger partial charge in [0.15, 0.2) is 27.1 Å². The number of carbonyl (C=O) groups is 1. The Hall–Kier alpha value is -3.27. The van der Waals surface area contributed by atoms with Crippen molar-refractivity contribution in [2.45, 2.75) is 25.9 Å². The van der Waals surface area contributed by atoms with Crippen molar-refractivity contribution in [2.24, 2.45) is 0 Å². The molecule has 0 aliphatic carbocycles. The lowest BCUT2D eigenvalue weighted by molar-refractivity contribution is 0.0433. The molecule has 10 heteroatoms. The average Bonchev–Trinajstić information content (AvgIpc) is 3.32. The second-order valence-corrected chi connectivity index (χ2v) is 8.20. The zero-order chi connectivity index (χ0) is 20.2. The molecule has 0 N–H and O–H groups in total. The van der Waals surface area contributed by atoms with Gasteiger partial charge >= 0.3 is 0 Å². The van der Waals surface area contributed by atoms with E-state index in [1.165, 1.54) is 35.6 Å². The smallest absolute Gasteiger partial charge is 0.254 e. The van der Waals surface area contributed by atoms with Crippen molar-refractivity contribution in [3.05, 3.63) is 53.9 Å². The van der Waals surface area contributed by atoms with E-state index in [-0.39, 0.29) is 11.7 Å². The second-order valence-electron chi connectivity index (χ2n) is 7.23. The number of thiazole rings is 1. The summed E-state index contributed by atoms with van der Waals surface area (Å²) in [5, 5.41) is 9.43. The monoisotopic (exact) mass is 409 g/mol. The normalized spacial score (nSPS) is 15.5. The Labute approximate surface area is 169 Å². The third-order valence-electron chi connectivity index (χ3n) is 5.09. The largest absolute Gasteiger partial charge is 0.324 e. The van der Waals surface area contributed by atoms with Crippen LogP contribution in [0.1, 0.15) is 30.0 Å². The van der Waals surface area contributed by atoms with Crippen LogP contribution in [0.3, 0.4) is 0 Å². The van der Waals surface area contributed by atoms with Gasteiger partial charge in [-0.2, -0.15) is 0 Å². The van der Waals surface area contributed by atoms with Gasteiger partial charge in [0.1, 0.15) is 5.82 Å². The molecule has 1 aliphatic rings. The quantitative estimate of drug-likeness (QED) is 0.506. The second kappa shape index (κ2) is 6.38. The molecular formula is C19H16FN7OS. The van der Waals surface area contributed by atoms with Crippen molar-refractivity contribution in [1.29, 1.82) is 0 Å². The molecule has 5 rings (SSSR count). The van der Waals surface area contributed by atoms with Crippen LogP contribution in [0.15, 0.2) is 36.7 Å². The molecule has 0 radical (unpaired) electrons. The van der Waals surface area contributed by atoms with Gasteiger partial charge in [-0.05, 0) is 38.1 Å². The summed E-state index contributed by atoms with van der Waals surface area (Å²) in [4.78, 5) is 28.6. The molecule has 0 fully saturated rings. The van der Waals surface area contributed by atoms with Crippen molar-refractivity contribution in [3.8, 4) is 10.8 Å². The van der Waals surface area contributed by atoms with E-state index in [9.17, 15) is 9.18 Å². The van der Waals surface area contributed by atoms with Crippen LogP contribution < -0.4 is 0 Å². The number of hydrogen-bond acceptors (Lipinski definition) is 7. The highest BCUT2D eigenvalue weighted by molar-refractivity contribution is 7.21. The fourth-order valence-corrected chi connectivity index (χ4v) is 4.46. The van der Waals surface area contributed by atoms with Crippen molar-refractivity contribution in [2.75, 3.05) is 6.54 Å². The highest BCUT2D eigenvalue weighted by Gasteiger charge is 2.41. The summed E-state index contributed by atoms with van der Waals surface area (Å²) in [6.45, 7) is 4.87. The van der Waals surface area contributed by atoms with E-state index in [2.05, 4.69) is 25.1 Å². The Morgan fingerprint density at radius 3 is 2.62 bits per heavy atom. The molecule has 1 aliphatic heterocycles. The average molecular weight is 409 g/mol. The van der Waals surface area contributed by atoms with Gasteiger partial charge in [-0.25, -0.2) is 19.3 Å². The third kappa shape index (κ3) is 2.79. The van der Waals surface area contributed by atoms with Crippen LogP contribution in [-0.4, -0.2) is 47.1 Å². The standard InChI is InChI=1S/C19H16FN7OS/c1-19(2)18-25-24-14(16-23-13-15(29-16)22-8-7-21-13)26(18)9-10-27(19)17(28)11-3-5-12(20)6-4-11/h3-8H,9-10H2,1-2H3. The number of fused-ring (bicyclic) bond motifs is 2. The molecule has 146 valence electrons. The zero-order valence-electron chi connectivity index (χ0n) is 15.7. The molecule has 0 bridgehead atoms. The first-order chi connectivity index (χ1) is 13.9. The number of aromatic nitrogens is 6. The SMILES string of the molecule is CC1(C)c2nnc(-c3nc4nccnc4s3)n2CCN1C(=O)c1ccc(F)cc1. The summed E-state index contributed by atoms with van der Waals surface area (Å²) in [7, 11) is 0. The molecule has 0 unspecified atom stereocenters. The van der Waals surface area contributed by atoms with Gasteiger partial charge in [0, 0.05) is 31.0 Å². The van der Waals surface area contributed by atoms with Crippen molar-refractivity contribution in [1.82, 2.24) is 34.6 Å². The number of amides is 1. The maximum atomic E-state index is 13.2. The van der Waals surface area contributed by atoms with Gasteiger partial charge in [-0.15, -0.1) is 10.2 Å². The fraction of sp³-hybridized carbons (Fsp3) is 0.263. The molecule has 0 spiro atoms. The number of carbonyl (C=O) groups excluding carboxylic acids is 1. The molecule has 4 aromatic rings. The van der Waals surface area contributed by atoms with Gasteiger partial charge in [0.25, 0.3) is 5.91 Å². The van der Waals surface area contributed by atoms with Gasteiger partial charge in [0.05, 0.1) is 5.54 Å². The van der Waals surface area contributed by atoms with Gasteiger partial charge < -0.3 is 9.47 Å². The van der Waals surface area contributed by atoms with E-state index in [1.807, 2.05) is 18.4 Å². The van der Waals surface area contributed by atoms with Gasteiger partial charge in [0.2, 0.25) is 0 Å². The fourth-order valence-electron chi connectivity index (χ4n) is 3.60. The first-order valence-electron chi connectivity index (χ1n) is 9.04. The van der Waals surface area contributed by atoms with Crippen molar-refractivity contribution >= 4 is 27.7 Å². The molecule has 0 atom stereocenters. The van der Waals surface area contributed by atoms with Crippen molar-refractivity contribution < 1.29 is 9.18 Å². The molecule has 8 nitrogen and oxygen atoms in total. The minimum Gasteiger partial charge on any atom is -0.324 e. The highest BCUT2D eigenvalue weighted by atomic mass is 32.1. The predicted octanol–water partition coefficient (Wildman–Crippen LogP) is 2.88. The molecule has 1 aromatic carbocycles. The topological polar surface area (TPSA) is 89.7 Å². The van der Waals surface area contributed by atoms with Gasteiger partial charge in [-0.3, -0.25) is 4.79 Å². The zero-order valence-corrected chi connectivity index (χ0v) is 16.5. The summed E-state index contributed by atoms with van der Waals surface area (Å²) in [6.07, 6.45) is 3.23. The van der Waals surface area contributed by atoms with Crippen molar-refractivity contribution in [3.63, 3.8) is 0 Å². The lowest BCUT2D eigenvalue weighted by Crippen LogP contribution is -2.52. The van der Waals surface area contributed by atoms with E-state index in [0.29, 0.717) is 41.0 Å². The number of halogens is 1. The molecular weight excluding hydrogens is 393 g/mol. The summed E-state index contributed by atoms with van der Waals surface area (Å²) in [5.74, 6) is 0.781. The Morgan fingerprint density at radius 1 is 1.10 bits per heavy atom. The first-order valence-corrected chi connectivity index (χ1v) is 9.86. The van der Waals surface area contributed by atoms with E-state index in [1.54, 1.807) is 17.3 Å². The highest BCUT2D eigenvalue weighted by Crippen LogP contribution is 2.35. The van der Waals surface area contributed by atoms with Crippen LogP contribution in [0.2, 0.25) is 0 Å². The first kappa shape index (κ1) is 17.8. The Morgan fingerprint density at radius 2 is 1.86 bits per heavy atom. The van der Waals surface area contributed by atoms with Crippen LogP contribution in [-0.2, 0) is 12.1 Å². The minimum absolute atomic E-state index is 0.167. The lowest BCUT2D eigenvalue weighted by atomic mass is 9.97. The number of rotatable bonds is 2. The van der Waals surface area contributed by atoms with E-state index in [0.717, 1.165) is 4.83 Å². The summed E-state index contributed by atoms with van der Waals surface area (Å²) < 4.78 is 15.2. The Bertz CT molecular complexity index is 1200. The van der Waals surface area contributed by atoms with Crippen LogP contribution in [0, 0.1) is 5.82 Å². The minimum atomic E-state index is -0.692. The molecule has 29 heavy (non-hydrogen) atoms. The van der Waals surface area contributed by atoms with Crippen LogP contribution in [0.25, 0.3) is 21.3 Å². The summed E-state index contributed by atoms with van der Waals surface area (Å²) in [5.41, 5.74) is 0.325. The van der Waals surface area contributed by atoms with E-state index < -0.39 is 5.54 Å². The van der Waals surface area contributed by atoms with E-state index >= 15 is 0 Å². The Balaban J connectivity index is 1.52. The van der Waals surface area contributed by atoms with Crippen LogP contribution >= 0.6 is 11.3 Å². The maximum absolute atomic E-state index is 13.2.